The second-order valence-corrected chi connectivity index (χ2v) is 6.04. The number of β-amino-alcohol motifs (C(OH)–C–C–N with tert-alkyl or cyclic N) is 1. The maximum absolute atomic E-state index is 12.7. The van der Waals surface area contributed by atoms with Gasteiger partial charge in [0.1, 0.15) is 0 Å². The first-order chi connectivity index (χ1) is 11.5. The van der Waals surface area contributed by atoms with Crippen molar-refractivity contribution in [1.82, 2.24) is 4.90 Å². The van der Waals surface area contributed by atoms with Gasteiger partial charge in [0.25, 0.3) is 5.91 Å². The Bertz CT molecular complexity index is 727. The number of amides is 1. The molecule has 0 aliphatic carbocycles. The molecule has 2 atom stereocenters. The van der Waals surface area contributed by atoms with Crippen molar-refractivity contribution >= 4 is 11.9 Å². The van der Waals surface area contributed by atoms with Gasteiger partial charge >= 0.3 is 5.97 Å². The summed E-state index contributed by atoms with van der Waals surface area (Å²) >= 11 is 0. The van der Waals surface area contributed by atoms with E-state index in [0.29, 0.717) is 12.0 Å². The molecule has 2 N–H and O–H groups in total. The number of carboxylic acid groups (broad SMARTS) is 1. The quantitative estimate of drug-likeness (QED) is 0.905. The van der Waals surface area contributed by atoms with Crippen molar-refractivity contribution in [2.45, 2.75) is 25.0 Å². The molecule has 0 saturated carbocycles. The van der Waals surface area contributed by atoms with E-state index in [1.165, 1.54) is 4.90 Å². The lowest BCUT2D eigenvalue weighted by molar-refractivity contribution is -0.137. The summed E-state index contributed by atoms with van der Waals surface area (Å²) in [5.74, 6) is -1.20. The molecule has 0 bridgehead atoms. The van der Waals surface area contributed by atoms with Gasteiger partial charge in [0.15, 0.2) is 0 Å². The Labute approximate surface area is 140 Å². The highest BCUT2D eigenvalue weighted by molar-refractivity contribution is 5.95. The molecule has 2 aromatic carbocycles. The van der Waals surface area contributed by atoms with Gasteiger partial charge in [-0.15, -0.1) is 0 Å². The van der Waals surface area contributed by atoms with Gasteiger partial charge in [0, 0.05) is 18.2 Å². The monoisotopic (exact) mass is 325 g/mol. The van der Waals surface area contributed by atoms with Crippen LogP contribution < -0.4 is 0 Å². The lowest BCUT2D eigenvalue weighted by atomic mass is 10.0. The molecule has 5 nitrogen and oxygen atoms in total. The van der Waals surface area contributed by atoms with Gasteiger partial charge in [-0.3, -0.25) is 9.59 Å². The number of likely N-dealkylation sites (tertiary alicyclic amines) is 1. The van der Waals surface area contributed by atoms with Crippen molar-refractivity contribution in [3.05, 3.63) is 60.2 Å². The summed E-state index contributed by atoms with van der Waals surface area (Å²) in [5.41, 5.74) is 2.58. The summed E-state index contributed by atoms with van der Waals surface area (Å²) in [4.78, 5) is 25.1. The Balaban J connectivity index is 1.78. The Kier molecular flexibility index (Phi) is 4.62. The molecule has 2 unspecified atom stereocenters. The van der Waals surface area contributed by atoms with Crippen molar-refractivity contribution in [1.29, 1.82) is 0 Å². The minimum absolute atomic E-state index is 0.148. The van der Waals surface area contributed by atoms with E-state index in [1.807, 2.05) is 42.5 Å². The molecule has 24 heavy (non-hydrogen) atoms. The average Bonchev–Trinajstić information content (AvgIpc) is 2.95. The van der Waals surface area contributed by atoms with Crippen LogP contribution in [0.4, 0.5) is 0 Å². The van der Waals surface area contributed by atoms with Gasteiger partial charge in [-0.25, -0.2) is 0 Å². The van der Waals surface area contributed by atoms with E-state index in [-0.39, 0.29) is 18.9 Å². The molecular weight excluding hydrogens is 306 g/mol. The zero-order chi connectivity index (χ0) is 17.1. The van der Waals surface area contributed by atoms with E-state index >= 15 is 0 Å². The number of aliphatic hydroxyl groups excluding tert-OH is 1. The Morgan fingerprint density at radius 2 is 1.62 bits per heavy atom. The van der Waals surface area contributed by atoms with Crippen molar-refractivity contribution in [2.24, 2.45) is 0 Å². The number of carboxylic acids is 1. The first-order valence-electron chi connectivity index (χ1n) is 7.91. The van der Waals surface area contributed by atoms with Gasteiger partial charge in [0.2, 0.25) is 0 Å². The lowest BCUT2D eigenvalue weighted by Gasteiger charge is -2.23. The molecule has 1 amide bonds. The lowest BCUT2D eigenvalue weighted by Crippen LogP contribution is -2.37. The molecule has 2 aromatic rings. The van der Waals surface area contributed by atoms with E-state index in [2.05, 4.69) is 0 Å². The van der Waals surface area contributed by atoms with Gasteiger partial charge in [-0.2, -0.15) is 0 Å². The number of benzene rings is 2. The SMILES string of the molecule is O=C(O)CC1CC(O)CN1C(=O)c1ccc(-c2ccccc2)cc1. The third kappa shape index (κ3) is 3.46. The van der Waals surface area contributed by atoms with Gasteiger partial charge < -0.3 is 15.1 Å². The van der Waals surface area contributed by atoms with Crippen LogP contribution in [-0.2, 0) is 4.79 Å². The first kappa shape index (κ1) is 16.2. The molecule has 3 rings (SSSR count). The predicted octanol–water partition coefficient (Wildman–Crippen LogP) is 2.40. The van der Waals surface area contributed by atoms with Crippen LogP contribution in [0.15, 0.2) is 54.6 Å². The molecule has 1 aliphatic heterocycles. The molecule has 1 heterocycles. The largest absolute Gasteiger partial charge is 0.481 e. The zero-order valence-electron chi connectivity index (χ0n) is 13.1. The van der Waals surface area contributed by atoms with E-state index < -0.39 is 18.1 Å². The smallest absolute Gasteiger partial charge is 0.305 e. The number of hydrogen-bond donors (Lipinski definition) is 2. The molecule has 124 valence electrons. The summed E-state index contributed by atoms with van der Waals surface area (Å²) in [6, 6.07) is 16.6. The summed E-state index contributed by atoms with van der Waals surface area (Å²) < 4.78 is 0. The fraction of sp³-hybridized carbons (Fsp3) is 0.263. The van der Waals surface area contributed by atoms with E-state index in [9.17, 15) is 14.7 Å². The number of nitrogens with zero attached hydrogens (tertiary/aromatic N) is 1. The number of hydrogen-bond acceptors (Lipinski definition) is 3. The fourth-order valence-electron chi connectivity index (χ4n) is 3.14. The number of carbonyl (C=O) groups excluding carboxylic acids is 1. The summed E-state index contributed by atoms with van der Waals surface area (Å²) in [5, 5.41) is 18.8. The topological polar surface area (TPSA) is 77.8 Å². The number of rotatable bonds is 4. The summed E-state index contributed by atoms with van der Waals surface area (Å²) in [6.07, 6.45) is -0.507. The summed E-state index contributed by atoms with van der Waals surface area (Å²) in [7, 11) is 0. The second kappa shape index (κ2) is 6.84. The third-order valence-electron chi connectivity index (χ3n) is 4.30. The molecular formula is C19H19NO4. The summed E-state index contributed by atoms with van der Waals surface area (Å²) in [6.45, 7) is 0.178. The molecule has 0 aromatic heterocycles. The van der Waals surface area contributed by atoms with Crippen molar-refractivity contribution in [2.75, 3.05) is 6.54 Å². The third-order valence-corrected chi connectivity index (χ3v) is 4.30. The van der Waals surface area contributed by atoms with Crippen LogP contribution in [0.2, 0.25) is 0 Å². The number of carbonyl (C=O) groups is 2. The van der Waals surface area contributed by atoms with Crippen molar-refractivity contribution in [3.8, 4) is 11.1 Å². The highest BCUT2D eigenvalue weighted by atomic mass is 16.4. The average molecular weight is 325 g/mol. The normalized spacial score (nSPS) is 20.1. The van der Waals surface area contributed by atoms with Crippen LogP contribution in [0.5, 0.6) is 0 Å². The standard InChI is InChI=1S/C19H19NO4/c21-17-10-16(11-18(22)23)20(12-17)19(24)15-8-6-14(7-9-15)13-4-2-1-3-5-13/h1-9,16-17,21H,10-12H2,(H,22,23). The Morgan fingerprint density at radius 1 is 1.00 bits per heavy atom. The molecule has 0 spiro atoms. The minimum Gasteiger partial charge on any atom is -0.481 e. The van der Waals surface area contributed by atoms with Crippen molar-refractivity contribution < 1.29 is 19.8 Å². The van der Waals surface area contributed by atoms with Gasteiger partial charge in [-0.05, 0) is 29.7 Å². The van der Waals surface area contributed by atoms with Crippen LogP contribution in [-0.4, -0.2) is 45.7 Å². The molecule has 5 heteroatoms. The van der Waals surface area contributed by atoms with Crippen LogP contribution in [0.1, 0.15) is 23.2 Å². The highest BCUT2D eigenvalue weighted by Gasteiger charge is 2.35. The number of aliphatic hydroxyl groups is 1. The minimum atomic E-state index is -0.966. The van der Waals surface area contributed by atoms with Crippen LogP contribution in [0, 0.1) is 0 Å². The van der Waals surface area contributed by atoms with Crippen LogP contribution in [0.3, 0.4) is 0 Å². The maximum atomic E-state index is 12.7. The predicted molar refractivity (Wildman–Crippen MR) is 89.6 cm³/mol. The van der Waals surface area contributed by atoms with Gasteiger partial charge in [-0.1, -0.05) is 42.5 Å². The molecule has 0 radical (unpaired) electrons. The van der Waals surface area contributed by atoms with E-state index in [1.54, 1.807) is 12.1 Å². The maximum Gasteiger partial charge on any atom is 0.305 e. The van der Waals surface area contributed by atoms with Gasteiger partial charge in [0.05, 0.1) is 12.5 Å². The zero-order valence-corrected chi connectivity index (χ0v) is 13.1. The van der Waals surface area contributed by atoms with Crippen LogP contribution in [0.25, 0.3) is 11.1 Å². The Morgan fingerprint density at radius 3 is 2.25 bits per heavy atom. The molecule has 1 aliphatic rings. The second-order valence-electron chi connectivity index (χ2n) is 6.04. The van der Waals surface area contributed by atoms with E-state index in [4.69, 9.17) is 5.11 Å². The van der Waals surface area contributed by atoms with Crippen molar-refractivity contribution in [3.63, 3.8) is 0 Å². The van der Waals surface area contributed by atoms with E-state index in [0.717, 1.165) is 11.1 Å². The Hall–Kier alpha value is -2.66. The molecule has 1 saturated heterocycles. The van der Waals surface area contributed by atoms with Crippen LogP contribution >= 0.6 is 0 Å². The fourth-order valence-corrected chi connectivity index (χ4v) is 3.14. The molecule has 1 fully saturated rings. The number of aliphatic carboxylic acids is 1. The highest BCUT2D eigenvalue weighted by Crippen LogP contribution is 2.25. The first-order valence-corrected chi connectivity index (χ1v) is 7.91.